The van der Waals surface area contributed by atoms with Crippen LogP contribution in [0, 0.1) is 0 Å². The third-order valence-corrected chi connectivity index (χ3v) is 12.2. The van der Waals surface area contributed by atoms with Crippen LogP contribution in [0.2, 0.25) is 0 Å². The van der Waals surface area contributed by atoms with Gasteiger partial charge in [0.05, 0.1) is 22.4 Å². The number of H-pyrrole nitrogens is 1. The number of aromatic nitrogens is 4. The van der Waals surface area contributed by atoms with E-state index in [1.807, 2.05) is 73.7 Å². The molecule has 2 amide bonds. The van der Waals surface area contributed by atoms with Gasteiger partial charge < -0.3 is 30.7 Å². The highest BCUT2D eigenvalue weighted by atomic mass is 32.1. The average Bonchev–Trinajstić information content (AvgIpc) is 4.03. The van der Waals surface area contributed by atoms with E-state index >= 15 is 0 Å². The molecule has 0 saturated heterocycles. The van der Waals surface area contributed by atoms with Gasteiger partial charge in [0.1, 0.15) is 27.4 Å². The van der Waals surface area contributed by atoms with E-state index in [2.05, 4.69) is 66.9 Å². The van der Waals surface area contributed by atoms with Crippen LogP contribution >= 0.6 is 22.7 Å². The Morgan fingerprint density at radius 2 is 1.42 bits per heavy atom. The molecule has 0 bridgehead atoms. The molecule has 0 spiro atoms. The Balaban J connectivity index is 0.929. The molecule has 0 aliphatic heterocycles. The number of carbonyl (C=O) groups excluding carboxylic acids is 2. The fourth-order valence-corrected chi connectivity index (χ4v) is 8.91. The largest absolute Gasteiger partial charge is 0.573 e. The van der Waals surface area contributed by atoms with Gasteiger partial charge >= 0.3 is 6.36 Å². The first-order valence-corrected chi connectivity index (χ1v) is 21.9. The van der Waals surface area contributed by atoms with Gasteiger partial charge in [-0.3, -0.25) is 24.7 Å². The molecule has 328 valence electrons. The number of para-hydroxylation sites is 1. The summed E-state index contributed by atoms with van der Waals surface area (Å²) in [5, 5.41) is 23.7. The van der Waals surface area contributed by atoms with Gasteiger partial charge in [0, 0.05) is 76.5 Å². The summed E-state index contributed by atoms with van der Waals surface area (Å²) in [6.07, 6.45) is -1.03. The average molecular weight is 905 g/mol. The van der Waals surface area contributed by atoms with Crippen molar-refractivity contribution in [1.29, 1.82) is 0 Å². The zero-order valence-corrected chi connectivity index (χ0v) is 36.7. The van der Waals surface area contributed by atoms with Gasteiger partial charge in [-0.05, 0) is 90.2 Å². The van der Waals surface area contributed by atoms with Crippen LogP contribution in [0.15, 0.2) is 115 Å². The number of hydrogen-bond acceptors (Lipinski definition) is 11. The number of benzene rings is 3. The Morgan fingerprint density at radius 3 is 2.14 bits per heavy atom. The summed E-state index contributed by atoms with van der Waals surface area (Å²) < 4.78 is 48.0. The molecule has 3 aromatic carbocycles. The minimum atomic E-state index is -4.81. The number of alkyl halides is 3. The van der Waals surface area contributed by atoms with Crippen LogP contribution in [0.25, 0.3) is 21.8 Å². The van der Waals surface area contributed by atoms with Crippen LogP contribution < -0.4 is 30.7 Å². The number of thiophene rings is 2. The number of amides is 2. The minimum Gasteiger partial charge on any atom is -0.490 e. The lowest BCUT2D eigenvalue weighted by atomic mass is 9.92. The molecular formula is C47H43F3N8O4S2. The summed E-state index contributed by atoms with van der Waals surface area (Å²) in [5.74, 6) is 0.0272. The van der Waals surface area contributed by atoms with Crippen molar-refractivity contribution in [2.75, 3.05) is 21.3 Å². The number of nitrogens with zero attached hydrogens (tertiary/aromatic N) is 3. The number of halogens is 3. The van der Waals surface area contributed by atoms with Crippen LogP contribution in [-0.4, -0.2) is 44.4 Å². The third kappa shape index (κ3) is 10.6. The highest BCUT2D eigenvalue weighted by Gasteiger charge is 2.31. The number of hydrogen-bond donors (Lipinski definition) is 5. The predicted octanol–water partition coefficient (Wildman–Crippen LogP) is 11.6. The molecule has 5 aromatic heterocycles. The maximum Gasteiger partial charge on any atom is 0.573 e. The van der Waals surface area contributed by atoms with E-state index in [4.69, 9.17) is 4.74 Å². The zero-order chi connectivity index (χ0) is 45.0. The standard InChI is InChI=1S/C47H43F3N8O4S2/c1-27(21-33-23-39(54-26-28-15-18-51-36-8-6-5-7-34(28)36)43(64-33)45(60)56-41-24-40(57-58-41)46(2,3)4)61-32-13-14-35-29(16-19-52-38(35)22-32)25-53-37-17-20-63-42(37)44(59)55-30-9-11-31(12-10-30)62-47(48,49)50/h5-20,22-24,27,53-54H,21,25-26H2,1-4H3,(H,55,59)(H2,56,57,58,60). The SMILES string of the molecule is CC(Cc1cc(NCc2ccnc3ccccc23)c(C(=O)Nc2cc(C(C)(C)C)[nH]n2)s1)Oc1ccc2c(CNc3ccsc3C(=O)Nc3ccc(OC(F)(F)F)cc3)ccnc2c1. The van der Waals surface area contributed by atoms with Gasteiger partial charge in [0.15, 0.2) is 5.82 Å². The Kier molecular flexibility index (Phi) is 12.5. The molecule has 0 saturated carbocycles. The second-order valence-corrected chi connectivity index (χ2v) is 18.0. The van der Waals surface area contributed by atoms with Crippen molar-refractivity contribution in [3.63, 3.8) is 0 Å². The van der Waals surface area contributed by atoms with Crippen molar-refractivity contribution in [3.8, 4) is 11.5 Å². The van der Waals surface area contributed by atoms with Gasteiger partial charge in [0.2, 0.25) is 0 Å². The molecule has 5 heterocycles. The van der Waals surface area contributed by atoms with Crippen LogP contribution in [0.5, 0.6) is 11.5 Å². The Morgan fingerprint density at radius 1 is 0.750 bits per heavy atom. The Labute approximate surface area is 374 Å². The molecule has 0 radical (unpaired) electrons. The molecule has 12 nitrogen and oxygen atoms in total. The topological polar surface area (TPSA) is 155 Å². The summed E-state index contributed by atoms with van der Waals surface area (Å²) >= 11 is 2.64. The van der Waals surface area contributed by atoms with Gasteiger partial charge in [-0.15, -0.1) is 35.8 Å². The molecule has 0 aliphatic rings. The first-order chi connectivity index (χ1) is 30.6. The summed E-state index contributed by atoms with van der Waals surface area (Å²) in [6.45, 7) is 9.07. The van der Waals surface area contributed by atoms with Crippen LogP contribution in [-0.2, 0) is 24.9 Å². The summed E-state index contributed by atoms with van der Waals surface area (Å²) in [7, 11) is 0. The molecule has 0 aliphatic carbocycles. The summed E-state index contributed by atoms with van der Waals surface area (Å²) in [4.78, 5) is 38.0. The van der Waals surface area contributed by atoms with Gasteiger partial charge in [0.25, 0.3) is 11.8 Å². The van der Waals surface area contributed by atoms with E-state index in [1.165, 1.54) is 34.8 Å². The van der Waals surface area contributed by atoms with Crippen molar-refractivity contribution < 1.29 is 32.2 Å². The van der Waals surface area contributed by atoms with Crippen LogP contribution in [0.4, 0.5) is 36.1 Å². The summed E-state index contributed by atoms with van der Waals surface area (Å²) in [5.41, 5.74) is 6.00. The Bertz CT molecular complexity index is 2940. The van der Waals surface area contributed by atoms with Crippen molar-refractivity contribution >= 4 is 79.2 Å². The number of rotatable bonds is 15. The van der Waals surface area contributed by atoms with E-state index in [-0.39, 0.29) is 23.2 Å². The minimum absolute atomic E-state index is 0.163. The lowest BCUT2D eigenvalue weighted by Gasteiger charge is -2.15. The van der Waals surface area contributed by atoms with Crippen molar-refractivity contribution in [1.82, 2.24) is 20.2 Å². The van der Waals surface area contributed by atoms with E-state index in [1.54, 1.807) is 23.8 Å². The quantitative estimate of drug-likeness (QED) is 0.0676. The zero-order valence-electron chi connectivity index (χ0n) is 35.1. The van der Waals surface area contributed by atoms with E-state index < -0.39 is 12.3 Å². The highest BCUT2D eigenvalue weighted by molar-refractivity contribution is 7.14. The first-order valence-electron chi connectivity index (χ1n) is 20.2. The normalized spacial score (nSPS) is 12.2. The molecular weight excluding hydrogens is 862 g/mol. The monoisotopic (exact) mass is 904 g/mol. The third-order valence-electron chi connectivity index (χ3n) is 10.1. The fourth-order valence-electron chi connectivity index (χ4n) is 7.00. The second-order valence-electron chi connectivity index (χ2n) is 16.0. The fraction of sp³-hybridized carbons (Fsp3) is 0.213. The van der Waals surface area contributed by atoms with Crippen molar-refractivity contribution in [2.24, 2.45) is 0 Å². The smallest absolute Gasteiger partial charge is 0.490 e. The van der Waals surface area contributed by atoms with Gasteiger partial charge in [-0.25, -0.2) is 0 Å². The molecule has 0 fully saturated rings. The van der Waals surface area contributed by atoms with E-state index in [9.17, 15) is 22.8 Å². The number of carbonyl (C=O) groups is 2. The maximum absolute atomic E-state index is 13.8. The molecule has 1 unspecified atom stereocenters. The van der Waals surface area contributed by atoms with Crippen molar-refractivity contribution in [2.45, 2.75) is 65.1 Å². The van der Waals surface area contributed by atoms with Crippen LogP contribution in [0.3, 0.4) is 0 Å². The Hall–Kier alpha value is -6.98. The lowest BCUT2D eigenvalue weighted by molar-refractivity contribution is -0.274. The van der Waals surface area contributed by atoms with Crippen LogP contribution in [0.1, 0.15) is 68.7 Å². The number of fused-ring (bicyclic) bond motifs is 2. The van der Waals surface area contributed by atoms with E-state index in [0.29, 0.717) is 57.9 Å². The van der Waals surface area contributed by atoms with Gasteiger partial charge in [-0.2, -0.15) is 5.10 Å². The maximum atomic E-state index is 13.8. The molecule has 8 aromatic rings. The second kappa shape index (κ2) is 18.4. The first kappa shape index (κ1) is 43.7. The number of anilines is 4. The predicted molar refractivity (Wildman–Crippen MR) is 247 cm³/mol. The summed E-state index contributed by atoms with van der Waals surface area (Å²) in [6, 6.07) is 28.2. The number of pyridine rings is 2. The van der Waals surface area contributed by atoms with E-state index in [0.717, 1.165) is 55.6 Å². The van der Waals surface area contributed by atoms with Gasteiger partial charge in [-0.1, -0.05) is 39.0 Å². The molecule has 17 heteroatoms. The lowest BCUT2D eigenvalue weighted by Crippen LogP contribution is -2.17. The van der Waals surface area contributed by atoms with Crippen molar-refractivity contribution in [3.05, 3.63) is 146 Å². The molecule has 5 N–H and O–H groups in total. The number of nitrogens with one attached hydrogen (secondary N) is 5. The molecule has 1 atom stereocenters. The highest BCUT2D eigenvalue weighted by Crippen LogP contribution is 2.33. The number of ether oxygens (including phenoxy) is 2. The number of aromatic amines is 1. The molecule has 64 heavy (non-hydrogen) atoms. The molecule has 8 rings (SSSR count).